The van der Waals surface area contributed by atoms with Crippen molar-refractivity contribution in [2.75, 3.05) is 11.5 Å². The van der Waals surface area contributed by atoms with Gasteiger partial charge >= 0.3 is 0 Å². The number of hydrogen-bond acceptors (Lipinski definition) is 2. The summed E-state index contributed by atoms with van der Waals surface area (Å²) in [6.07, 6.45) is 3.12. The molecule has 1 heterocycles. The maximum atomic E-state index is 12.8. The van der Waals surface area contributed by atoms with Crippen LogP contribution in [-0.4, -0.2) is 29.8 Å². The molecule has 1 aliphatic heterocycles. The molecule has 0 aromatic rings. The van der Waals surface area contributed by atoms with Gasteiger partial charge in [-0.15, -0.1) is 0 Å². The molecule has 0 spiro atoms. The van der Waals surface area contributed by atoms with Crippen LogP contribution in [0.5, 0.6) is 0 Å². The molecule has 12 heavy (non-hydrogen) atoms. The van der Waals surface area contributed by atoms with E-state index in [-0.39, 0.29) is 0 Å². The van der Waals surface area contributed by atoms with Gasteiger partial charge in [0.2, 0.25) is 0 Å². The van der Waals surface area contributed by atoms with Crippen LogP contribution in [0.1, 0.15) is 25.7 Å². The smallest absolute Gasteiger partial charge is 0.100 e. The molecule has 2 rings (SSSR count). The van der Waals surface area contributed by atoms with Crippen LogP contribution in [0.3, 0.4) is 0 Å². The number of rotatable bonds is 2. The third-order valence-electron chi connectivity index (χ3n) is 2.77. The van der Waals surface area contributed by atoms with Gasteiger partial charge in [0, 0.05) is 23.6 Å². The SMILES string of the molecule is FC1CCC(NC2CSC2)CC1. The zero-order valence-corrected chi connectivity index (χ0v) is 8.08. The van der Waals surface area contributed by atoms with Gasteiger partial charge in [0.25, 0.3) is 0 Å². The van der Waals surface area contributed by atoms with Crippen LogP contribution in [0.2, 0.25) is 0 Å². The molecule has 1 N–H and O–H groups in total. The fourth-order valence-electron chi connectivity index (χ4n) is 1.88. The highest BCUT2D eigenvalue weighted by Crippen LogP contribution is 2.24. The summed E-state index contributed by atoms with van der Waals surface area (Å²) >= 11 is 2.00. The van der Waals surface area contributed by atoms with Crippen molar-refractivity contribution < 1.29 is 4.39 Å². The fourth-order valence-corrected chi connectivity index (χ4v) is 2.55. The Bertz CT molecular complexity index is 141. The summed E-state index contributed by atoms with van der Waals surface area (Å²) in [5.74, 6) is 2.52. The Morgan fingerprint density at radius 1 is 1.00 bits per heavy atom. The maximum absolute atomic E-state index is 12.8. The largest absolute Gasteiger partial charge is 0.310 e. The van der Waals surface area contributed by atoms with Gasteiger partial charge in [-0.1, -0.05) is 0 Å². The van der Waals surface area contributed by atoms with E-state index in [9.17, 15) is 4.39 Å². The Labute approximate surface area is 77.5 Å². The van der Waals surface area contributed by atoms with E-state index in [1.165, 1.54) is 11.5 Å². The molecule has 2 aliphatic rings. The van der Waals surface area contributed by atoms with Gasteiger partial charge in [0.05, 0.1) is 0 Å². The molecule has 1 aliphatic carbocycles. The Balaban J connectivity index is 1.67. The molecule has 0 aromatic carbocycles. The second kappa shape index (κ2) is 3.97. The predicted molar refractivity (Wildman–Crippen MR) is 51.4 cm³/mol. The average Bonchev–Trinajstić information content (AvgIpc) is 2.00. The normalized spacial score (nSPS) is 37.8. The second-order valence-corrected chi connectivity index (χ2v) is 4.92. The molecule has 0 atom stereocenters. The van der Waals surface area contributed by atoms with Crippen LogP contribution >= 0.6 is 11.8 Å². The lowest BCUT2D eigenvalue weighted by molar-refractivity contribution is 0.215. The topological polar surface area (TPSA) is 12.0 Å². The van der Waals surface area contributed by atoms with Crippen molar-refractivity contribution in [3.8, 4) is 0 Å². The number of alkyl halides is 1. The third-order valence-corrected chi connectivity index (χ3v) is 4.04. The van der Waals surface area contributed by atoms with Crippen molar-refractivity contribution in [3.05, 3.63) is 0 Å². The highest BCUT2D eigenvalue weighted by molar-refractivity contribution is 8.00. The molecule has 1 saturated carbocycles. The first-order valence-corrected chi connectivity index (χ1v) is 5.98. The molecule has 0 amide bonds. The second-order valence-electron chi connectivity index (χ2n) is 3.85. The lowest BCUT2D eigenvalue weighted by Crippen LogP contribution is -2.47. The zero-order valence-electron chi connectivity index (χ0n) is 7.26. The van der Waals surface area contributed by atoms with E-state index < -0.39 is 6.17 Å². The zero-order chi connectivity index (χ0) is 8.39. The molecule has 0 unspecified atom stereocenters. The maximum Gasteiger partial charge on any atom is 0.100 e. The van der Waals surface area contributed by atoms with Crippen LogP contribution in [0.15, 0.2) is 0 Å². The van der Waals surface area contributed by atoms with Crippen LogP contribution in [0.4, 0.5) is 4.39 Å². The quantitative estimate of drug-likeness (QED) is 0.713. The first-order chi connectivity index (χ1) is 5.84. The van der Waals surface area contributed by atoms with E-state index in [0.717, 1.165) is 31.7 Å². The van der Waals surface area contributed by atoms with Crippen molar-refractivity contribution in [1.82, 2.24) is 5.32 Å². The monoisotopic (exact) mass is 189 g/mol. The minimum Gasteiger partial charge on any atom is -0.310 e. The summed E-state index contributed by atoms with van der Waals surface area (Å²) in [6, 6.07) is 1.35. The van der Waals surface area contributed by atoms with E-state index in [2.05, 4.69) is 5.32 Å². The molecule has 1 saturated heterocycles. The third kappa shape index (κ3) is 2.13. The molecule has 0 bridgehead atoms. The van der Waals surface area contributed by atoms with Crippen molar-refractivity contribution in [1.29, 1.82) is 0 Å². The van der Waals surface area contributed by atoms with Crippen LogP contribution in [0.25, 0.3) is 0 Å². The first-order valence-electron chi connectivity index (χ1n) is 4.82. The molecule has 2 fully saturated rings. The molecule has 70 valence electrons. The summed E-state index contributed by atoms with van der Waals surface area (Å²) in [4.78, 5) is 0. The van der Waals surface area contributed by atoms with E-state index in [1.54, 1.807) is 0 Å². The number of nitrogens with one attached hydrogen (secondary N) is 1. The van der Waals surface area contributed by atoms with Crippen LogP contribution in [-0.2, 0) is 0 Å². The molecule has 1 nitrogen and oxygen atoms in total. The summed E-state index contributed by atoms with van der Waals surface area (Å²) in [6.45, 7) is 0. The minimum atomic E-state index is -0.515. The fraction of sp³-hybridized carbons (Fsp3) is 1.00. The van der Waals surface area contributed by atoms with E-state index >= 15 is 0 Å². The van der Waals surface area contributed by atoms with Gasteiger partial charge in [-0.3, -0.25) is 0 Å². The number of thioether (sulfide) groups is 1. The Morgan fingerprint density at radius 2 is 1.67 bits per heavy atom. The van der Waals surface area contributed by atoms with Crippen LogP contribution < -0.4 is 5.32 Å². The van der Waals surface area contributed by atoms with Crippen molar-refractivity contribution in [2.45, 2.75) is 43.9 Å². The Kier molecular flexibility index (Phi) is 2.92. The highest BCUT2D eigenvalue weighted by atomic mass is 32.2. The molecular formula is C9H16FNS. The van der Waals surface area contributed by atoms with Crippen molar-refractivity contribution in [2.24, 2.45) is 0 Å². The van der Waals surface area contributed by atoms with Gasteiger partial charge in [0.1, 0.15) is 6.17 Å². The standard InChI is InChI=1S/C9H16FNS/c10-7-1-3-8(4-2-7)11-9-5-12-6-9/h7-9,11H,1-6H2. The van der Waals surface area contributed by atoms with Crippen LogP contribution in [0, 0.1) is 0 Å². The average molecular weight is 189 g/mol. The lowest BCUT2D eigenvalue weighted by atomic mass is 9.93. The Hall–Kier alpha value is 0.240. The Morgan fingerprint density at radius 3 is 2.17 bits per heavy atom. The van der Waals surface area contributed by atoms with Gasteiger partial charge in [-0.2, -0.15) is 11.8 Å². The van der Waals surface area contributed by atoms with Gasteiger partial charge in [-0.05, 0) is 25.7 Å². The number of halogens is 1. The molecular weight excluding hydrogens is 173 g/mol. The predicted octanol–water partition coefficient (Wildman–Crippen LogP) is 1.97. The van der Waals surface area contributed by atoms with Crippen molar-refractivity contribution in [3.63, 3.8) is 0 Å². The number of hydrogen-bond donors (Lipinski definition) is 1. The van der Waals surface area contributed by atoms with Gasteiger partial charge in [-0.25, -0.2) is 4.39 Å². The van der Waals surface area contributed by atoms with E-state index in [1.807, 2.05) is 11.8 Å². The van der Waals surface area contributed by atoms with E-state index in [4.69, 9.17) is 0 Å². The van der Waals surface area contributed by atoms with E-state index in [0.29, 0.717) is 6.04 Å². The molecule has 0 aromatic heterocycles. The summed E-state index contributed by atoms with van der Waals surface area (Å²) in [5.41, 5.74) is 0. The summed E-state index contributed by atoms with van der Waals surface area (Å²) in [7, 11) is 0. The van der Waals surface area contributed by atoms with Gasteiger partial charge in [0.15, 0.2) is 0 Å². The highest BCUT2D eigenvalue weighted by Gasteiger charge is 2.25. The summed E-state index contributed by atoms with van der Waals surface area (Å²) < 4.78 is 12.8. The summed E-state index contributed by atoms with van der Waals surface area (Å²) in [5, 5.41) is 3.59. The van der Waals surface area contributed by atoms with Gasteiger partial charge < -0.3 is 5.32 Å². The molecule has 3 heteroatoms. The first kappa shape index (κ1) is 8.82. The lowest BCUT2D eigenvalue weighted by Gasteiger charge is -2.33. The minimum absolute atomic E-state index is 0.515. The van der Waals surface area contributed by atoms with Crippen molar-refractivity contribution >= 4 is 11.8 Å². The molecule has 0 radical (unpaired) electrons.